The number of imide groups is 1. The number of hydrogen-bond donors (Lipinski definition) is 3. The molecule has 1 aromatic rings. The van der Waals surface area contributed by atoms with Gasteiger partial charge in [-0.15, -0.1) is 11.8 Å². The van der Waals surface area contributed by atoms with E-state index < -0.39 is 6.03 Å². The Hall–Kier alpha value is -1.69. The third-order valence-corrected chi connectivity index (χ3v) is 6.79. The fraction of sp³-hybridized carbons (Fsp3) is 0.704. The number of amides is 3. The van der Waals surface area contributed by atoms with Gasteiger partial charge in [-0.2, -0.15) is 0 Å². The van der Waals surface area contributed by atoms with Crippen LogP contribution in [0.15, 0.2) is 29.2 Å². The summed E-state index contributed by atoms with van der Waals surface area (Å²) in [5.74, 6) is 0.0341. The zero-order chi connectivity index (χ0) is 24.0. The summed E-state index contributed by atoms with van der Waals surface area (Å²) in [6, 6.07) is 6.21. The van der Waals surface area contributed by atoms with Crippen molar-refractivity contribution in [2.45, 2.75) is 115 Å². The molecule has 6 heteroatoms. The van der Waals surface area contributed by atoms with E-state index in [1.807, 2.05) is 0 Å². The second-order valence-electron chi connectivity index (χ2n) is 8.89. The molecule has 0 radical (unpaired) electrons. The van der Waals surface area contributed by atoms with Crippen molar-refractivity contribution in [1.29, 1.82) is 0 Å². The van der Waals surface area contributed by atoms with Crippen molar-refractivity contribution in [1.82, 2.24) is 10.6 Å². The van der Waals surface area contributed by atoms with Crippen LogP contribution in [0.5, 0.6) is 5.75 Å². The number of nitrogens with one attached hydrogen (secondary N) is 2. The van der Waals surface area contributed by atoms with Crippen LogP contribution in [0.3, 0.4) is 0 Å². The summed E-state index contributed by atoms with van der Waals surface area (Å²) in [6.45, 7) is 2.87. The smallest absolute Gasteiger partial charge is 0.321 e. The van der Waals surface area contributed by atoms with Gasteiger partial charge in [0.2, 0.25) is 5.91 Å². The van der Waals surface area contributed by atoms with Crippen molar-refractivity contribution in [3.05, 3.63) is 24.3 Å². The highest BCUT2D eigenvalue weighted by atomic mass is 32.2. The van der Waals surface area contributed by atoms with Crippen molar-refractivity contribution >= 4 is 23.7 Å². The number of phenolic OH excluding ortho intramolecular Hbond substituents is 1. The van der Waals surface area contributed by atoms with Crippen LogP contribution in [0, 0.1) is 0 Å². The summed E-state index contributed by atoms with van der Waals surface area (Å²) in [5.41, 5.74) is 0. The minimum Gasteiger partial charge on any atom is -0.508 e. The fourth-order valence-corrected chi connectivity index (χ4v) is 4.47. The summed E-state index contributed by atoms with van der Waals surface area (Å²) in [6.07, 6.45) is 21.2. The number of carbonyl (C=O) groups excluding carboxylic acids is 2. The van der Waals surface area contributed by atoms with Crippen LogP contribution in [-0.2, 0) is 4.79 Å². The van der Waals surface area contributed by atoms with Gasteiger partial charge in [-0.25, -0.2) is 4.79 Å². The number of hydrogen-bond acceptors (Lipinski definition) is 4. The third kappa shape index (κ3) is 18.4. The van der Waals surface area contributed by atoms with Gasteiger partial charge in [-0.05, 0) is 30.7 Å². The van der Waals surface area contributed by atoms with E-state index in [4.69, 9.17) is 0 Å². The van der Waals surface area contributed by atoms with Crippen LogP contribution in [0.1, 0.15) is 110 Å². The van der Waals surface area contributed by atoms with Crippen molar-refractivity contribution in [3.8, 4) is 5.75 Å². The molecule has 0 aliphatic rings. The zero-order valence-corrected chi connectivity index (χ0v) is 21.5. The van der Waals surface area contributed by atoms with Gasteiger partial charge in [0.05, 0.1) is 5.75 Å². The first-order valence-corrected chi connectivity index (χ1v) is 14.1. The van der Waals surface area contributed by atoms with E-state index in [9.17, 15) is 14.7 Å². The van der Waals surface area contributed by atoms with Gasteiger partial charge in [0.25, 0.3) is 0 Å². The lowest BCUT2D eigenvalue weighted by molar-refractivity contribution is -0.117. The van der Waals surface area contributed by atoms with Gasteiger partial charge in [-0.1, -0.05) is 103 Å². The van der Waals surface area contributed by atoms with Crippen LogP contribution < -0.4 is 10.6 Å². The minimum atomic E-state index is -0.424. The van der Waals surface area contributed by atoms with Crippen molar-refractivity contribution in [2.75, 3.05) is 12.3 Å². The number of rotatable bonds is 20. The summed E-state index contributed by atoms with van der Waals surface area (Å²) in [4.78, 5) is 24.5. The quantitative estimate of drug-likeness (QED) is 0.133. The Labute approximate surface area is 205 Å². The van der Waals surface area contributed by atoms with Gasteiger partial charge in [0.15, 0.2) is 0 Å². The van der Waals surface area contributed by atoms with E-state index in [-0.39, 0.29) is 17.4 Å². The maximum Gasteiger partial charge on any atom is 0.321 e. The standard InChI is InChI=1S/C27H46N2O3S/c1-2-3-4-5-6-7-8-9-10-11-12-13-14-15-16-17-22-28-27(32)29-26(31)23-33-25-20-18-24(30)19-21-25/h18-21,30H,2-17,22-23H2,1H3,(H2,28,29,31,32). The second kappa shape index (κ2) is 20.9. The number of phenols is 1. The van der Waals surface area contributed by atoms with Crippen LogP contribution in [0.25, 0.3) is 0 Å². The first-order chi connectivity index (χ1) is 16.1. The third-order valence-electron chi connectivity index (χ3n) is 5.78. The molecule has 33 heavy (non-hydrogen) atoms. The van der Waals surface area contributed by atoms with Crippen molar-refractivity contribution < 1.29 is 14.7 Å². The molecule has 0 saturated heterocycles. The molecule has 3 amide bonds. The highest BCUT2D eigenvalue weighted by molar-refractivity contribution is 8.00. The van der Waals surface area contributed by atoms with Gasteiger partial charge in [0.1, 0.15) is 5.75 Å². The Morgan fingerprint density at radius 3 is 1.67 bits per heavy atom. The van der Waals surface area contributed by atoms with E-state index in [0.29, 0.717) is 6.54 Å². The van der Waals surface area contributed by atoms with Gasteiger partial charge in [-0.3, -0.25) is 10.1 Å². The normalized spacial score (nSPS) is 10.8. The maximum absolute atomic E-state index is 11.8. The van der Waals surface area contributed by atoms with E-state index in [0.717, 1.165) is 17.7 Å². The maximum atomic E-state index is 11.8. The topological polar surface area (TPSA) is 78.4 Å². The van der Waals surface area contributed by atoms with Crippen molar-refractivity contribution in [3.63, 3.8) is 0 Å². The number of benzene rings is 1. The molecule has 0 heterocycles. The van der Waals surface area contributed by atoms with Gasteiger partial charge in [0, 0.05) is 11.4 Å². The number of carbonyl (C=O) groups is 2. The molecule has 0 aliphatic heterocycles. The predicted octanol–water partition coefficient (Wildman–Crippen LogP) is 7.57. The van der Waals surface area contributed by atoms with Crippen LogP contribution in [0.4, 0.5) is 4.79 Å². The van der Waals surface area contributed by atoms with E-state index in [1.54, 1.807) is 24.3 Å². The largest absolute Gasteiger partial charge is 0.508 e. The average molecular weight is 479 g/mol. The molecule has 0 aliphatic carbocycles. The zero-order valence-electron chi connectivity index (χ0n) is 20.7. The SMILES string of the molecule is CCCCCCCCCCCCCCCCCCNC(=O)NC(=O)CSc1ccc(O)cc1. The van der Waals surface area contributed by atoms with E-state index >= 15 is 0 Å². The lowest BCUT2D eigenvalue weighted by atomic mass is 10.0. The molecule has 0 unspecified atom stereocenters. The van der Waals surface area contributed by atoms with Gasteiger partial charge >= 0.3 is 6.03 Å². The number of urea groups is 1. The molecule has 1 rings (SSSR count). The highest BCUT2D eigenvalue weighted by Gasteiger charge is 2.07. The summed E-state index contributed by atoms with van der Waals surface area (Å²) < 4.78 is 0. The van der Waals surface area contributed by atoms with Crippen LogP contribution in [-0.4, -0.2) is 29.3 Å². The highest BCUT2D eigenvalue weighted by Crippen LogP contribution is 2.20. The summed E-state index contributed by atoms with van der Waals surface area (Å²) in [5, 5.41) is 14.4. The average Bonchev–Trinajstić information content (AvgIpc) is 2.80. The van der Waals surface area contributed by atoms with Crippen LogP contribution in [0.2, 0.25) is 0 Å². The van der Waals surface area contributed by atoms with Crippen LogP contribution >= 0.6 is 11.8 Å². The molecule has 188 valence electrons. The molecule has 0 bridgehead atoms. The molecule has 0 atom stereocenters. The molecule has 3 N–H and O–H groups in total. The Morgan fingerprint density at radius 2 is 1.18 bits per heavy atom. The van der Waals surface area contributed by atoms with E-state index in [2.05, 4.69) is 17.6 Å². The molecule has 0 saturated carbocycles. The Balaban J connectivity index is 1.82. The lowest BCUT2D eigenvalue weighted by Crippen LogP contribution is -2.40. The Morgan fingerprint density at radius 1 is 0.727 bits per heavy atom. The summed E-state index contributed by atoms with van der Waals surface area (Å²) in [7, 11) is 0. The number of unbranched alkanes of at least 4 members (excludes halogenated alkanes) is 15. The second-order valence-corrected chi connectivity index (χ2v) is 9.94. The molecule has 1 aromatic carbocycles. The monoisotopic (exact) mass is 478 g/mol. The van der Waals surface area contributed by atoms with Crippen molar-refractivity contribution in [2.24, 2.45) is 0 Å². The molecule has 0 spiro atoms. The molecule has 0 aromatic heterocycles. The predicted molar refractivity (Wildman–Crippen MR) is 140 cm³/mol. The summed E-state index contributed by atoms with van der Waals surface area (Å²) >= 11 is 1.33. The molecule has 0 fully saturated rings. The fourth-order valence-electron chi connectivity index (χ4n) is 3.77. The Bertz CT molecular complexity index is 622. The van der Waals surface area contributed by atoms with Gasteiger partial charge < -0.3 is 10.4 Å². The van der Waals surface area contributed by atoms with E-state index in [1.165, 1.54) is 102 Å². The first-order valence-electron chi connectivity index (χ1n) is 13.1. The molecule has 5 nitrogen and oxygen atoms in total. The first kappa shape index (κ1) is 29.3. The number of aromatic hydroxyl groups is 1. The Kier molecular flexibility index (Phi) is 18.6. The molecular weight excluding hydrogens is 432 g/mol. The minimum absolute atomic E-state index is 0.164. The number of thioether (sulfide) groups is 1. The lowest BCUT2D eigenvalue weighted by Gasteiger charge is -2.07. The molecular formula is C27H46N2O3S.